The number of nitrogens with zero attached hydrogens (tertiary/aromatic N) is 3. The fraction of sp³-hybridized carbons (Fsp3) is 0.154. The lowest BCUT2D eigenvalue weighted by molar-refractivity contribution is -0.255. The summed E-state index contributed by atoms with van der Waals surface area (Å²) < 4.78 is 30.9. The average molecular weight is 366 g/mol. The Kier molecular flexibility index (Phi) is 5.12. The minimum absolute atomic E-state index is 0.0760. The summed E-state index contributed by atoms with van der Waals surface area (Å²) in [5.74, 6) is -1.71. The topological polar surface area (TPSA) is 163 Å². The van der Waals surface area contributed by atoms with E-state index in [1.807, 2.05) is 0 Å². The largest absolute Gasteiger partial charge is 0.545 e. The third-order valence-corrected chi connectivity index (χ3v) is 4.15. The van der Waals surface area contributed by atoms with Gasteiger partial charge >= 0.3 is 12.0 Å². The zero-order valence-electron chi connectivity index (χ0n) is 13.0. The molecular formula is C13H12N5O6S-. The van der Waals surface area contributed by atoms with E-state index in [4.69, 9.17) is 4.74 Å². The maximum atomic E-state index is 12.2. The number of aromatic carboxylic acids is 1. The van der Waals surface area contributed by atoms with Gasteiger partial charge in [-0.05, 0) is 13.0 Å². The first kappa shape index (κ1) is 18.1. The lowest BCUT2D eigenvalue weighted by Gasteiger charge is -2.12. The summed E-state index contributed by atoms with van der Waals surface area (Å²) in [7, 11) is -3.16. The van der Waals surface area contributed by atoms with E-state index in [1.54, 1.807) is 4.72 Å². The first-order valence-electron chi connectivity index (χ1n) is 6.64. The van der Waals surface area contributed by atoms with Crippen molar-refractivity contribution in [2.24, 2.45) is 0 Å². The molecule has 0 spiro atoms. The van der Waals surface area contributed by atoms with Gasteiger partial charge in [0.15, 0.2) is 0 Å². The van der Waals surface area contributed by atoms with Crippen LogP contribution in [0, 0.1) is 6.92 Å². The maximum Gasteiger partial charge on any atom is 0.335 e. The number of carbonyl (C=O) groups excluding carboxylic acids is 2. The van der Waals surface area contributed by atoms with E-state index in [9.17, 15) is 23.1 Å². The third kappa shape index (κ3) is 4.38. The lowest BCUT2D eigenvalue weighted by atomic mass is 10.2. The second-order valence-corrected chi connectivity index (χ2v) is 6.19. The molecule has 0 aliphatic heterocycles. The van der Waals surface area contributed by atoms with Crippen molar-refractivity contribution >= 4 is 28.0 Å². The second-order valence-electron chi connectivity index (χ2n) is 4.54. The molecule has 2 rings (SSSR count). The summed E-state index contributed by atoms with van der Waals surface area (Å²) in [6.07, 6.45) is 0. The van der Waals surface area contributed by atoms with Crippen LogP contribution in [0.25, 0.3) is 0 Å². The van der Waals surface area contributed by atoms with Crippen molar-refractivity contribution in [3.63, 3.8) is 0 Å². The number of aryl methyl sites for hydroxylation is 1. The summed E-state index contributed by atoms with van der Waals surface area (Å²) in [6.45, 7) is 1.51. The Balaban J connectivity index is 2.23. The van der Waals surface area contributed by atoms with Gasteiger partial charge in [-0.25, -0.2) is 17.9 Å². The van der Waals surface area contributed by atoms with Crippen molar-refractivity contribution in [1.29, 1.82) is 0 Å². The Bertz CT molecular complexity index is 930. The number of carboxylic acids is 1. The van der Waals surface area contributed by atoms with Gasteiger partial charge in [0.2, 0.25) is 5.95 Å². The molecule has 1 heterocycles. The molecule has 2 N–H and O–H groups in total. The van der Waals surface area contributed by atoms with Crippen LogP contribution in [0.4, 0.5) is 10.7 Å². The average Bonchev–Trinajstić information content (AvgIpc) is 2.53. The molecule has 0 aliphatic carbocycles. The van der Waals surface area contributed by atoms with E-state index in [1.165, 1.54) is 26.2 Å². The van der Waals surface area contributed by atoms with Crippen molar-refractivity contribution in [2.45, 2.75) is 11.8 Å². The van der Waals surface area contributed by atoms with Gasteiger partial charge in [0.25, 0.3) is 10.0 Å². The first-order valence-corrected chi connectivity index (χ1v) is 8.12. The number of methoxy groups -OCH3 is 1. The van der Waals surface area contributed by atoms with Crippen LogP contribution in [-0.4, -0.2) is 42.5 Å². The number of rotatable bonds is 5. The predicted octanol–water partition coefficient (Wildman–Crippen LogP) is -0.937. The number of carbonyl (C=O) groups is 2. The summed E-state index contributed by atoms with van der Waals surface area (Å²) in [6, 6.07) is 3.43. The highest BCUT2D eigenvalue weighted by Gasteiger charge is 2.22. The molecule has 0 unspecified atom stereocenters. The number of aromatic nitrogens is 3. The third-order valence-electron chi connectivity index (χ3n) is 2.76. The van der Waals surface area contributed by atoms with Crippen LogP contribution >= 0.6 is 0 Å². The van der Waals surface area contributed by atoms with Gasteiger partial charge in [0.05, 0.1) is 18.0 Å². The molecule has 1 aromatic heterocycles. The molecule has 25 heavy (non-hydrogen) atoms. The van der Waals surface area contributed by atoms with E-state index in [2.05, 4.69) is 20.3 Å². The number of benzene rings is 1. The SMILES string of the molecule is COc1nc(C)nc(NC(=O)NS(=O)(=O)c2ccccc2C(=O)[O-])n1. The van der Waals surface area contributed by atoms with Crippen LogP contribution in [0.2, 0.25) is 0 Å². The van der Waals surface area contributed by atoms with Crippen LogP contribution in [-0.2, 0) is 10.0 Å². The van der Waals surface area contributed by atoms with Gasteiger partial charge in [-0.15, -0.1) is 0 Å². The summed E-state index contributed by atoms with van der Waals surface area (Å²) in [5.41, 5.74) is -0.583. The monoisotopic (exact) mass is 366 g/mol. The van der Waals surface area contributed by atoms with E-state index in [-0.39, 0.29) is 17.8 Å². The molecule has 0 bridgehead atoms. The number of nitrogens with one attached hydrogen (secondary N) is 2. The lowest BCUT2D eigenvalue weighted by Crippen LogP contribution is -2.36. The van der Waals surface area contributed by atoms with Gasteiger partial charge in [0.1, 0.15) is 5.82 Å². The predicted molar refractivity (Wildman–Crippen MR) is 81.2 cm³/mol. The number of hydrogen-bond donors (Lipinski definition) is 2. The second kappa shape index (κ2) is 7.09. The normalized spacial score (nSPS) is 10.8. The summed E-state index contributed by atoms with van der Waals surface area (Å²) in [4.78, 5) is 33.6. The van der Waals surface area contributed by atoms with E-state index in [0.29, 0.717) is 0 Å². The standard InChI is InChI=1S/C13H13N5O6S/c1-7-14-11(17-13(15-7)24-2)16-12(21)18-25(22,23)9-6-4-3-5-8(9)10(19)20/h3-6H,1-2H3,(H,19,20)(H2,14,15,16,17,18,21)/p-1. The Morgan fingerprint density at radius 3 is 2.48 bits per heavy atom. The van der Waals surface area contributed by atoms with Crippen molar-refractivity contribution in [3.05, 3.63) is 35.7 Å². The van der Waals surface area contributed by atoms with Crippen molar-refractivity contribution in [2.75, 3.05) is 12.4 Å². The van der Waals surface area contributed by atoms with Gasteiger partial charge in [-0.2, -0.15) is 15.0 Å². The molecule has 0 radical (unpaired) electrons. The Morgan fingerprint density at radius 2 is 1.84 bits per heavy atom. The molecule has 0 saturated carbocycles. The molecule has 11 nitrogen and oxygen atoms in total. The Morgan fingerprint density at radius 1 is 1.16 bits per heavy atom. The molecule has 0 fully saturated rings. The van der Waals surface area contributed by atoms with E-state index >= 15 is 0 Å². The highest BCUT2D eigenvalue weighted by molar-refractivity contribution is 7.90. The number of hydrogen-bond acceptors (Lipinski definition) is 9. The molecule has 2 aromatic rings. The van der Waals surface area contributed by atoms with Gasteiger partial charge < -0.3 is 14.6 Å². The number of amides is 2. The smallest absolute Gasteiger partial charge is 0.335 e. The molecule has 1 aromatic carbocycles. The van der Waals surface area contributed by atoms with Crippen LogP contribution in [0.3, 0.4) is 0 Å². The van der Waals surface area contributed by atoms with Crippen LogP contribution < -0.4 is 19.9 Å². The minimum atomic E-state index is -4.47. The minimum Gasteiger partial charge on any atom is -0.545 e. The molecular weight excluding hydrogens is 354 g/mol. The number of sulfonamides is 1. The van der Waals surface area contributed by atoms with Gasteiger partial charge in [-0.3, -0.25) is 5.32 Å². The zero-order chi connectivity index (χ0) is 18.6. The highest BCUT2D eigenvalue weighted by atomic mass is 32.2. The van der Waals surface area contributed by atoms with Crippen LogP contribution in [0.1, 0.15) is 16.2 Å². The molecule has 12 heteroatoms. The quantitative estimate of drug-likeness (QED) is 0.679. The highest BCUT2D eigenvalue weighted by Crippen LogP contribution is 2.15. The fourth-order valence-electron chi connectivity index (χ4n) is 1.78. The maximum absolute atomic E-state index is 12.2. The van der Waals surface area contributed by atoms with E-state index < -0.39 is 32.5 Å². The summed E-state index contributed by atoms with van der Waals surface area (Å²) >= 11 is 0. The van der Waals surface area contributed by atoms with E-state index in [0.717, 1.165) is 12.1 Å². The molecule has 0 atom stereocenters. The Labute approximate surface area is 142 Å². The van der Waals surface area contributed by atoms with Gasteiger partial charge in [-0.1, -0.05) is 18.2 Å². The zero-order valence-corrected chi connectivity index (χ0v) is 13.8. The van der Waals surface area contributed by atoms with Gasteiger partial charge in [0, 0.05) is 5.56 Å². The van der Waals surface area contributed by atoms with Crippen molar-refractivity contribution in [1.82, 2.24) is 19.7 Å². The molecule has 132 valence electrons. The number of anilines is 1. The van der Waals surface area contributed by atoms with Crippen molar-refractivity contribution in [3.8, 4) is 6.01 Å². The van der Waals surface area contributed by atoms with Crippen molar-refractivity contribution < 1.29 is 27.9 Å². The number of ether oxygens (including phenoxy) is 1. The molecule has 0 aliphatic rings. The number of urea groups is 1. The molecule has 0 saturated heterocycles. The Hall–Kier alpha value is -3.28. The summed E-state index contributed by atoms with van der Waals surface area (Å²) in [5, 5.41) is 13.1. The fourth-order valence-corrected chi connectivity index (χ4v) is 2.88. The first-order chi connectivity index (χ1) is 11.7. The van der Waals surface area contributed by atoms with Crippen LogP contribution in [0.15, 0.2) is 29.2 Å². The van der Waals surface area contributed by atoms with Crippen LogP contribution in [0.5, 0.6) is 6.01 Å². The molecule has 2 amide bonds. The number of carboxylic acid groups (broad SMARTS) is 1.